The lowest BCUT2D eigenvalue weighted by Gasteiger charge is -2.22. The Labute approximate surface area is 221 Å². The normalized spacial score (nSPS) is 15.8. The smallest absolute Gasteiger partial charge is 0.251 e. The number of aromatic nitrogens is 3. The Kier molecular flexibility index (Phi) is 6.52. The fourth-order valence-electron chi connectivity index (χ4n) is 5.65. The monoisotopic (exact) mass is 505 g/mol. The van der Waals surface area contributed by atoms with Crippen LogP contribution in [0.4, 0.5) is 0 Å². The number of carbonyl (C=O) groups excluding carboxylic acids is 1. The number of aromatic amines is 1. The van der Waals surface area contributed by atoms with Crippen LogP contribution in [0.5, 0.6) is 5.75 Å². The fourth-order valence-corrected chi connectivity index (χ4v) is 5.65. The summed E-state index contributed by atoms with van der Waals surface area (Å²) in [6.45, 7) is 5.00. The van der Waals surface area contributed by atoms with Crippen molar-refractivity contribution in [3.05, 3.63) is 78.8 Å². The first kappa shape index (κ1) is 24.1. The van der Waals surface area contributed by atoms with E-state index in [0.29, 0.717) is 18.2 Å². The average molecular weight is 506 g/mol. The van der Waals surface area contributed by atoms with Crippen molar-refractivity contribution < 1.29 is 9.53 Å². The number of likely N-dealkylation sites (tertiary alicyclic amines) is 1. The lowest BCUT2D eigenvalue weighted by atomic mass is 9.97. The molecule has 1 aliphatic heterocycles. The Morgan fingerprint density at radius 3 is 2.74 bits per heavy atom. The second-order valence-corrected chi connectivity index (χ2v) is 9.76. The van der Waals surface area contributed by atoms with E-state index in [1.807, 2.05) is 60.9 Å². The predicted molar refractivity (Wildman–Crippen MR) is 151 cm³/mol. The maximum atomic E-state index is 12.9. The molecule has 0 saturated carbocycles. The number of carbonyl (C=O) groups is 1. The van der Waals surface area contributed by atoms with Crippen molar-refractivity contribution in [3.8, 4) is 28.1 Å². The number of amides is 1. The van der Waals surface area contributed by atoms with E-state index >= 15 is 0 Å². The van der Waals surface area contributed by atoms with Gasteiger partial charge < -0.3 is 15.0 Å². The van der Waals surface area contributed by atoms with E-state index in [2.05, 4.69) is 38.2 Å². The van der Waals surface area contributed by atoms with E-state index in [4.69, 9.17) is 4.74 Å². The minimum atomic E-state index is -0.0380. The van der Waals surface area contributed by atoms with Gasteiger partial charge in [0.2, 0.25) is 0 Å². The number of methoxy groups -OCH3 is 1. The number of H-pyrrole nitrogens is 1. The van der Waals surface area contributed by atoms with Gasteiger partial charge in [0.05, 0.1) is 24.5 Å². The summed E-state index contributed by atoms with van der Waals surface area (Å²) in [5.41, 5.74) is 6.39. The molecule has 38 heavy (non-hydrogen) atoms. The minimum absolute atomic E-state index is 0.0380. The van der Waals surface area contributed by atoms with Crippen molar-refractivity contribution in [1.29, 1.82) is 0 Å². The molecule has 1 saturated heterocycles. The third-order valence-corrected chi connectivity index (χ3v) is 7.63. The number of pyridine rings is 2. The van der Waals surface area contributed by atoms with E-state index in [-0.39, 0.29) is 5.91 Å². The number of rotatable bonds is 7. The van der Waals surface area contributed by atoms with Gasteiger partial charge in [-0.25, -0.2) is 0 Å². The average Bonchev–Trinajstić information content (AvgIpc) is 3.59. The molecule has 1 amide bonds. The standard InChI is InChI=1S/C31H31N5O2/c1-3-36-15-5-7-23(36)18-34-31(37)21-10-8-20(9-11-21)29-28(38-2)13-12-25-30(29)24-16-26(33-19-27(24)35-25)22-6-4-14-32-17-22/h4,6,8-14,16-17,19,23,35H,3,5,7,15,18H2,1-2H3,(H,34,37). The molecule has 0 aliphatic carbocycles. The molecular weight excluding hydrogens is 474 g/mol. The van der Waals surface area contributed by atoms with Gasteiger partial charge in [0.1, 0.15) is 5.75 Å². The molecule has 1 fully saturated rings. The minimum Gasteiger partial charge on any atom is -0.496 e. The van der Waals surface area contributed by atoms with Crippen LogP contribution in [0.2, 0.25) is 0 Å². The molecule has 7 nitrogen and oxygen atoms in total. The summed E-state index contributed by atoms with van der Waals surface area (Å²) in [5, 5.41) is 5.25. The van der Waals surface area contributed by atoms with E-state index in [0.717, 1.165) is 69.4 Å². The van der Waals surface area contributed by atoms with Crippen molar-refractivity contribution in [3.63, 3.8) is 0 Å². The highest BCUT2D eigenvalue weighted by Crippen LogP contribution is 2.41. The van der Waals surface area contributed by atoms with E-state index in [1.165, 1.54) is 6.42 Å². The van der Waals surface area contributed by atoms with Crippen LogP contribution < -0.4 is 10.1 Å². The molecule has 2 aromatic carbocycles. The molecule has 0 spiro atoms. The molecule has 192 valence electrons. The van der Waals surface area contributed by atoms with Gasteiger partial charge in [-0.05, 0) is 74.0 Å². The van der Waals surface area contributed by atoms with E-state index in [9.17, 15) is 4.79 Å². The van der Waals surface area contributed by atoms with Crippen molar-refractivity contribution in [1.82, 2.24) is 25.2 Å². The number of fused-ring (bicyclic) bond motifs is 3. The first-order chi connectivity index (χ1) is 18.7. The topological polar surface area (TPSA) is 83.1 Å². The quantitative estimate of drug-likeness (QED) is 0.298. The number of nitrogens with one attached hydrogen (secondary N) is 2. The summed E-state index contributed by atoms with van der Waals surface area (Å²) in [5.74, 6) is 0.736. The van der Waals surface area contributed by atoms with Crippen LogP contribution in [0.1, 0.15) is 30.1 Å². The Morgan fingerprint density at radius 1 is 1.11 bits per heavy atom. The third kappa shape index (κ3) is 4.39. The molecule has 6 rings (SSSR count). The number of ether oxygens (including phenoxy) is 1. The van der Waals surface area contributed by atoms with Crippen LogP contribution in [-0.2, 0) is 0 Å². The molecule has 7 heteroatoms. The van der Waals surface area contributed by atoms with Crippen molar-refractivity contribution in [2.45, 2.75) is 25.8 Å². The Morgan fingerprint density at radius 2 is 1.97 bits per heavy atom. The lowest BCUT2D eigenvalue weighted by Crippen LogP contribution is -2.40. The van der Waals surface area contributed by atoms with Gasteiger partial charge in [-0.3, -0.25) is 19.7 Å². The Balaban J connectivity index is 1.35. The van der Waals surface area contributed by atoms with Gasteiger partial charge in [-0.15, -0.1) is 0 Å². The number of benzene rings is 2. The lowest BCUT2D eigenvalue weighted by molar-refractivity contribution is 0.0941. The van der Waals surface area contributed by atoms with Crippen LogP contribution in [0.3, 0.4) is 0 Å². The molecule has 2 N–H and O–H groups in total. The Bertz CT molecular complexity index is 1590. The van der Waals surface area contributed by atoms with Crippen molar-refractivity contribution in [2.24, 2.45) is 0 Å². The van der Waals surface area contributed by atoms with Crippen LogP contribution in [0.15, 0.2) is 73.2 Å². The zero-order valence-electron chi connectivity index (χ0n) is 21.7. The number of likely N-dealkylation sites (N-methyl/N-ethyl adjacent to an activating group) is 1. The summed E-state index contributed by atoms with van der Waals surface area (Å²) in [6, 6.07) is 18.3. The SMILES string of the molecule is CCN1CCCC1CNC(=O)c1ccc(-c2c(OC)ccc3[nH]c4cnc(-c5cccnc5)cc4c23)cc1. The van der Waals surface area contributed by atoms with Gasteiger partial charge in [0.15, 0.2) is 0 Å². The number of hydrogen-bond acceptors (Lipinski definition) is 5. The summed E-state index contributed by atoms with van der Waals surface area (Å²) >= 11 is 0. The summed E-state index contributed by atoms with van der Waals surface area (Å²) in [4.78, 5) is 27.8. The molecule has 5 aromatic rings. The maximum Gasteiger partial charge on any atom is 0.251 e. The van der Waals surface area contributed by atoms with Crippen LogP contribution in [0.25, 0.3) is 44.2 Å². The van der Waals surface area contributed by atoms with Crippen LogP contribution >= 0.6 is 0 Å². The zero-order valence-corrected chi connectivity index (χ0v) is 21.7. The Hall–Kier alpha value is -4.23. The van der Waals surface area contributed by atoms with E-state index in [1.54, 1.807) is 13.3 Å². The van der Waals surface area contributed by atoms with Gasteiger partial charge >= 0.3 is 0 Å². The second kappa shape index (κ2) is 10.3. The predicted octanol–water partition coefficient (Wildman–Crippen LogP) is 5.67. The highest BCUT2D eigenvalue weighted by molar-refractivity contribution is 6.16. The molecule has 1 atom stereocenters. The van der Waals surface area contributed by atoms with E-state index < -0.39 is 0 Å². The molecule has 1 aliphatic rings. The molecule has 3 aromatic heterocycles. The largest absolute Gasteiger partial charge is 0.496 e. The summed E-state index contributed by atoms with van der Waals surface area (Å²) in [7, 11) is 1.69. The first-order valence-electron chi connectivity index (χ1n) is 13.2. The van der Waals surface area contributed by atoms with Gasteiger partial charge in [-0.2, -0.15) is 0 Å². The molecular formula is C31H31N5O2. The highest BCUT2D eigenvalue weighted by atomic mass is 16.5. The highest BCUT2D eigenvalue weighted by Gasteiger charge is 2.23. The van der Waals surface area contributed by atoms with Crippen LogP contribution in [-0.4, -0.2) is 58.5 Å². The number of hydrogen-bond donors (Lipinski definition) is 2. The third-order valence-electron chi connectivity index (χ3n) is 7.63. The second-order valence-electron chi connectivity index (χ2n) is 9.76. The summed E-state index contributed by atoms with van der Waals surface area (Å²) in [6.07, 6.45) is 7.78. The van der Waals surface area contributed by atoms with Crippen molar-refractivity contribution >= 4 is 27.7 Å². The van der Waals surface area contributed by atoms with Crippen molar-refractivity contribution in [2.75, 3.05) is 26.7 Å². The zero-order chi connectivity index (χ0) is 26.1. The van der Waals surface area contributed by atoms with Gasteiger partial charge in [0.25, 0.3) is 5.91 Å². The molecule has 1 unspecified atom stereocenters. The molecule has 0 bridgehead atoms. The van der Waals surface area contributed by atoms with Crippen LogP contribution in [0, 0.1) is 0 Å². The maximum absolute atomic E-state index is 12.9. The van der Waals surface area contributed by atoms with Gasteiger partial charge in [0, 0.05) is 58.0 Å². The van der Waals surface area contributed by atoms with Gasteiger partial charge in [-0.1, -0.05) is 19.1 Å². The summed E-state index contributed by atoms with van der Waals surface area (Å²) < 4.78 is 5.81. The molecule has 4 heterocycles. The fraction of sp³-hybridized carbons (Fsp3) is 0.258. The first-order valence-corrected chi connectivity index (χ1v) is 13.2. The number of nitrogens with zero attached hydrogens (tertiary/aromatic N) is 3. The molecule has 0 radical (unpaired) electrons.